The van der Waals surface area contributed by atoms with Gasteiger partial charge in [-0.1, -0.05) is 6.08 Å². The van der Waals surface area contributed by atoms with Gasteiger partial charge in [-0.25, -0.2) is 4.79 Å². The third-order valence-electron chi connectivity index (χ3n) is 3.29. The molecule has 1 aromatic carbocycles. The van der Waals surface area contributed by atoms with Crippen molar-refractivity contribution in [2.45, 2.75) is 13.8 Å². The second-order valence-corrected chi connectivity index (χ2v) is 4.97. The maximum atomic E-state index is 11.6. The van der Waals surface area contributed by atoms with Crippen molar-refractivity contribution in [3.8, 4) is 23.0 Å². The Bertz CT molecular complexity index is 766. The Kier molecular flexibility index (Phi) is 6.51. The van der Waals surface area contributed by atoms with Crippen molar-refractivity contribution >= 4 is 12.2 Å². The zero-order valence-electron chi connectivity index (χ0n) is 14.8. The van der Waals surface area contributed by atoms with E-state index in [-0.39, 0.29) is 0 Å². The highest BCUT2D eigenvalue weighted by atomic mass is 16.5. The second-order valence-electron chi connectivity index (χ2n) is 4.97. The van der Waals surface area contributed by atoms with Crippen molar-refractivity contribution in [1.29, 1.82) is 0 Å². The van der Waals surface area contributed by atoms with Gasteiger partial charge in [-0.3, -0.25) is 0 Å². The molecule has 0 saturated carbocycles. The van der Waals surface area contributed by atoms with E-state index in [2.05, 4.69) is 0 Å². The van der Waals surface area contributed by atoms with E-state index in [0.717, 1.165) is 5.56 Å². The number of methoxy groups -OCH3 is 2. The number of benzene rings is 1. The molecule has 25 heavy (non-hydrogen) atoms. The van der Waals surface area contributed by atoms with Crippen molar-refractivity contribution in [1.82, 2.24) is 0 Å². The molecule has 6 nitrogen and oxygen atoms in total. The Hall–Kier alpha value is -2.89. The first-order valence-electron chi connectivity index (χ1n) is 7.96. The van der Waals surface area contributed by atoms with Crippen molar-refractivity contribution in [2.75, 3.05) is 27.4 Å². The van der Waals surface area contributed by atoms with Crippen molar-refractivity contribution in [2.24, 2.45) is 0 Å². The molecule has 2 aromatic rings. The zero-order valence-corrected chi connectivity index (χ0v) is 14.8. The highest BCUT2D eigenvalue weighted by Crippen LogP contribution is 2.39. The van der Waals surface area contributed by atoms with Gasteiger partial charge in [0.25, 0.3) is 0 Å². The van der Waals surface area contributed by atoms with Gasteiger partial charge in [0, 0.05) is 6.07 Å². The van der Waals surface area contributed by atoms with Crippen LogP contribution in [0.4, 0.5) is 0 Å². The van der Waals surface area contributed by atoms with Gasteiger partial charge in [-0.05, 0) is 37.6 Å². The zero-order chi connectivity index (χ0) is 18.2. The van der Waals surface area contributed by atoms with Crippen LogP contribution in [0, 0.1) is 0 Å². The SMILES string of the molecule is CCOc1cc(/C=C/c2cc(OC)c(OCC)c(OC)c2)oc(=O)c1. The summed E-state index contributed by atoms with van der Waals surface area (Å²) in [5, 5.41) is 0. The average molecular weight is 346 g/mol. The van der Waals surface area contributed by atoms with E-state index in [0.29, 0.717) is 42.0 Å². The largest absolute Gasteiger partial charge is 0.493 e. The average Bonchev–Trinajstić information content (AvgIpc) is 2.60. The lowest BCUT2D eigenvalue weighted by Gasteiger charge is -2.14. The molecule has 0 aliphatic rings. The molecular weight excluding hydrogens is 324 g/mol. The fourth-order valence-electron chi connectivity index (χ4n) is 2.27. The van der Waals surface area contributed by atoms with Crippen molar-refractivity contribution in [3.05, 3.63) is 46.0 Å². The molecule has 0 amide bonds. The third-order valence-corrected chi connectivity index (χ3v) is 3.29. The standard InChI is InChI=1S/C19H22O6/c1-5-23-15-11-14(25-18(20)12-15)8-7-13-9-16(21-3)19(24-6-2)17(10-13)22-4/h7-12H,5-6H2,1-4H3/b8-7+. The molecule has 0 saturated heterocycles. The van der Waals surface area contributed by atoms with Gasteiger partial charge >= 0.3 is 5.63 Å². The van der Waals surface area contributed by atoms with Gasteiger partial charge in [0.05, 0.1) is 33.5 Å². The van der Waals surface area contributed by atoms with Gasteiger partial charge in [0.15, 0.2) is 11.5 Å². The van der Waals surface area contributed by atoms with Crippen LogP contribution in [-0.4, -0.2) is 27.4 Å². The highest BCUT2D eigenvalue weighted by molar-refractivity contribution is 5.71. The quantitative estimate of drug-likeness (QED) is 0.727. The molecule has 0 unspecified atom stereocenters. The maximum Gasteiger partial charge on any atom is 0.339 e. The minimum Gasteiger partial charge on any atom is -0.493 e. The van der Waals surface area contributed by atoms with Gasteiger partial charge in [-0.2, -0.15) is 0 Å². The summed E-state index contributed by atoms with van der Waals surface area (Å²) in [5.74, 6) is 2.54. The Morgan fingerprint density at radius 2 is 1.56 bits per heavy atom. The fourth-order valence-corrected chi connectivity index (χ4v) is 2.27. The van der Waals surface area contributed by atoms with E-state index in [1.54, 1.807) is 32.4 Å². The lowest BCUT2D eigenvalue weighted by Crippen LogP contribution is -2.01. The van der Waals surface area contributed by atoms with E-state index >= 15 is 0 Å². The van der Waals surface area contributed by atoms with Crippen LogP contribution in [0.5, 0.6) is 23.0 Å². The Balaban J connectivity index is 2.36. The number of ether oxygens (including phenoxy) is 4. The van der Waals surface area contributed by atoms with E-state index in [1.165, 1.54) is 6.07 Å². The first-order chi connectivity index (χ1) is 12.1. The topological polar surface area (TPSA) is 67.1 Å². The summed E-state index contributed by atoms with van der Waals surface area (Å²) in [6.45, 7) is 4.71. The molecule has 0 bridgehead atoms. The first kappa shape index (κ1) is 18.4. The summed E-state index contributed by atoms with van der Waals surface area (Å²) < 4.78 is 26.8. The van der Waals surface area contributed by atoms with Gasteiger partial charge in [0.2, 0.25) is 5.75 Å². The van der Waals surface area contributed by atoms with Crippen LogP contribution in [0.1, 0.15) is 25.2 Å². The molecule has 134 valence electrons. The van der Waals surface area contributed by atoms with Crippen LogP contribution in [-0.2, 0) is 0 Å². The van der Waals surface area contributed by atoms with Crippen LogP contribution in [0.25, 0.3) is 12.2 Å². The minimum absolute atomic E-state index is 0.391. The Morgan fingerprint density at radius 1 is 0.920 bits per heavy atom. The molecule has 0 atom stereocenters. The third kappa shape index (κ3) is 4.79. The Morgan fingerprint density at radius 3 is 2.12 bits per heavy atom. The summed E-state index contributed by atoms with van der Waals surface area (Å²) in [4.78, 5) is 11.6. The number of hydrogen-bond donors (Lipinski definition) is 0. The molecule has 6 heteroatoms. The van der Waals surface area contributed by atoms with Crippen molar-refractivity contribution in [3.63, 3.8) is 0 Å². The van der Waals surface area contributed by atoms with Gasteiger partial charge in [-0.15, -0.1) is 0 Å². The van der Waals surface area contributed by atoms with Crippen molar-refractivity contribution < 1.29 is 23.4 Å². The molecule has 1 aromatic heterocycles. The second kappa shape index (κ2) is 8.82. The highest BCUT2D eigenvalue weighted by Gasteiger charge is 2.13. The lowest BCUT2D eigenvalue weighted by atomic mass is 10.1. The Labute approximate surface area is 146 Å². The van der Waals surface area contributed by atoms with Crippen LogP contribution in [0.2, 0.25) is 0 Å². The summed E-state index contributed by atoms with van der Waals surface area (Å²) in [6.07, 6.45) is 3.47. The summed E-state index contributed by atoms with van der Waals surface area (Å²) in [5.41, 5.74) is 0.342. The number of rotatable bonds is 8. The van der Waals surface area contributed by atoms with Crippen LogP contribution in [0.15, 0.2) is 33.5 Å². The molecule has 2 rings (SSSR count). The van der Waals surface area contributed by atoms with Crippen LogP contribution in [0.3, 0.4) is 0 Å². The number of hydrogen-bond acceptors (Lipinski definition) is 6. The monoisotopic (exact) mass is 346 g/mol. The predicted molar refractivity (Wildman–Crippen MR) is 95.8 cm³/mol. The lowest BCUT2D eigenvalue weighted by molar-refractivity contribution is 0.288. The van der Waals surface area contributed by atoms with Gasteiger partial charge < -0.3 is 23.4 Å². The molecule has 0 radical (unpaired) electrons. The molecule has 0 aliphatic heterocycles. The molecule has 0 fully saturated rings. The van der Waals surface area contributed by atoms with Gasteiger partial charge in [0.1, 0.15) is 11.5 Å². The van der Waals surface area contributed by atoms with E-state index in [4.69, 9.17) is 23.4 Å². The first-order valence-corrected chi connectivity index (χ1v) is 7.96. The summed E-state index contributed by atoms with van der Waals surface area (Å²) in [6, 6.07) is 6.59. The summed E-state index contributed by atoms with van der Waals surface area (Å²) >= 11 is 0. The molecule has 0 aliphatic carbocycles. The smallest absolute Gasteiger partial charge is 0.339 e. The molecular formula is C19H22O6. The molecule has 0 N–H and O–H groups in total. The van der Waals surface area contributed by atoms with E-state index < -0.39 is 5.63 Å². The minimum atomic E-state index is -0.465. The predicted octanol–water partition coefficient (Wildman–Crippen LogP) is 3.62. The van der Waals surface area contributed by atoms with E-state index in [9.17, 15) is 4.79 Å². The van der Waals surface area contributed by atoms with E-state index in [1.807, 2.05) is 26.0 Å². The molecule has 1 heterocycles. The summed E-state index contributed by atoms with van der Waals surface area (Å²) in [7, 11) is 3.13. The maximum absolute atomic E-state index is 11.6. The van der Waals surface area contributed by atoms with Crippen LogP contribution < -0.4 is 24.6 Å². The fraction of sp³-hybridized carbons (Fsp3) is 0.316. The molecule has 0 spiro atoms. The normalized spacial score (nSPS) is 10.7. The van der Waals surface area contributed by atoms with Crippen LogP contribution >= 0.6 is 0 Å².